The van der Waals surface area contributed by atoms with Crippen LogP contribution in [0.4, 0.5) is 15.8 Å². The highest BCUT2D eigenvalue weighted by Gasteiger charge is 2.32. The van der Waals surface area contributed by atoms with Crippen molar-refractivity contribution in [1.29, 1.82) is 0 Å². The summed E-state index contributed by atoms with van der Waals surface area (Å²) in [6.45, 7) is -0.242. The topological polar surface area (TPSA) is 78.5 Å². The third kappa shape index (κ3) is 3.97. The van der Waals surface area contributed by atoms with Crippen LogP contribution in [0.25, 0.3) is 0 Å². The van der Waals surface area contributed by atoms with Crippen LogP contribution >= 0.6 is 15.9 Å². The second kappa shape index (κ2) is 7.49. The Kier molecular flexibility index (Phi) is 5.13. The van der Waals surface area contributed by atoms with E-state index in [2.05, 4.69) is 26.6 Å². The molecule has 3 rings (SSSR count). The van der Waals surface area contributed by atoms with Crippen molar-refractivity contribution in [1.82, 2.24) is 5.32 Å². The zero-order valence-electron chi connectivity index (χ0n) is 13.3. The Balaban J connectivity index is 1.62. The number of hydrogen-bond acceptors (Lipinski definition) is 4. The molecule has 0 fully saturated rings. The average molecular weight is 418 g/mol. The quantitative estimate of drug-likeness (QED) is 0.732. The summed E-state index contributed by atoms with van der Waals surface area (Å²) >= 11 is 3.29. The molecule has 0 spiro atoms. The molecule has 0 bridgehead atoms. The van der Waals surface area contributed by atoms with Gasteiger partial charge in [-0.1, -0.05) is 28.1 Å². The lowest BCUT2D eigenvalue weighted by molar-refractivity contribution is -0.120. The first kappa shape index (κ1) is 17.8. The zero-order valence-corrected chi connectivity index (χ0v) is 14.9. The number of amides is 3. The van der Waals surface area contributed by atoms with Crippen molar-refractivity contribution >= 4 is 45.0 Å². The second-order valence-corrected chi connectivity index (χ2v) is 6.34. The van der Waals surface area contributed by atoms with Gasteiger partial charge in [0.15, 0.2) is 0 Å². The van der Waals surface area contributed by atoms with Crippen molar-refractivity contribution in [3.05, 3.63) is 70.6 Å². The summed E-state index contributed by atoms with van der Waals surface area (Å²) in [5.41, 5.74) is 0.742. The highest BCUT2D eigenvalue weighted by atomic mass is 79.9. The van der Waals surface area contributed by atoms with Gasteiger partial charge in [-0.15, -0.1) is 0 Å². The van der Waals surface area contributed by atoms with Gasteiger partial charge in [0.25, 0.3) is 11.8 Å². The van der Waals surface area contributed by atoms with Crippen molar-refractivity contribution in [2.24, 2.45) is 0 Å². The molecule has 6 nitrogen and oxygen atoms in total. The highest BCUT2D eigenvalue weighted by molar-refractivity contribution is 9.10. The average Bonchev–Trinajstić information content (AvgIpc) is 2.87. The number of nitrogens with zero attached hydrogens (tertiary/aromatic N) is 1. The highest BCUT2D eigenvalue weighted by Crippen LogP contribution is 2.24. The fourth-order valence-corrected chi connectivity index (χ4v) is 2.79. The Morgan fingerprint density at radius 1 is 1.12 bits per heavy atom. The molecule has 2 aromatic carbocycles. The number of anilines is 2. The van der Waals surface area contributed by atoms with Gasteiger partial charge in [0.05, 0.1) is 12.2 Å². The fourth-order valence-electron chi connectivity index (χ4n) is 2.40. The summed E-state index contributed by atoms with van der Waals surface area (Å²) in [4.78, 5) is 37.5. The lowest BCUT2D eigenvalue weighted by Gasteiger charge is -2.15. The van der Waals surface area contributed by atoms with Gasteiger partial charge in [-0.3, -0.25) is 14.4 Å². The first-order chi connectivity index (χ1) is 12.4. The Hall–Kier alpha value is -3.00. The molecule has 26 heavy (non-hydrogen) atoms. The number of halogens is 2. The number of nitrogens with one attached hydrogen (secondary N) is 2. The van der Waals surface area contributed by atoms with E-state index in [1.54, 1.807) is 30.3 Å². The van der Waals surface area contributed by atoms with Crippen LogP contribution in [0.15, 0.2) is 64.8 Å². The molecular formula is C18H13BrFN3O3. The van der Waals surface area contributed by atoms with E-state index in [4.69, 9.17) is 0 Å². The van der Waals surface area contributed by atoms with E-state index in [0.29, 0.717) is 11.4 Å². The summed E-state index contributed by atoms with van der Waals surface area (Å²) in [5, 5.41) is 5.14. The van der Waals surface area contributed by atoms with Crippen LogP contribution in [0.1, 0.15) is 0 Å². The number of benzene rings is 2. The normalized spacial score (nSPS) is 13.6. The summed E-state index contributed by atoms with van der Waals surface area (Å²) in [6, 6.07) is 12.2. The second-order valence-electron chi connectivity index (χ2n) is 5.43. The lowest BCUT2D eigenvalue weighted by atomic mass is 10.3. The Bertz CT molecular complexity index is 929. The standard InChI is InChI=1S/C18H13BrFN3O3/c19-11-3-1-6-14(7-11)23-17(25)9-15(18(23)26)21-10-16(24)22-13-5-2-4-12(20)8-13/h1-9,21H,10H2,(H,22,24). The molecule has 0 aromatic heterocycles. The van der Waals surface area contributed by atoms with Gasteiger partial charge in [-0.2, -0.15) is 0 Å². The third-order valence-corrected chi connectivity index (χ3v) is 4.03. The maximum atomic E-state index is 13.1. The number of carbonyl (C=O) groups excluding carboxylic acids is 3. The molecule has 0 saturated heterocycles. The van der Waals surface area contributed by atoms with Crippen LogP contribution in [-0.2, 0) is 14.4 Å². The molecule has 3 amide bonds. The Morgan fingerprint density at radius 3 is 2.62 bits per heavy atom. The van der Waals surface area contributed by atoms with Gasteiger partial charge in [-0.05, 0) is 36.4 Å². The molecule has 1 heterocycles. The van der Waals surface area contributed by atoms with Gasteiger partial charge in [-0.25, -0.2) is 9.29 Å². The molecule has 0 saturated carbocycles. The van der Waals surface area contributed by atoms with Crippen molar-refractivity contribution < 1.29 is 18.8 Å². The van der Waals surface area contributed by atoms with Crippen LogP contribution < -0.4 is 15.5 Å². The minimum atomic E-state index is -0.549. The fraction of sp³-hybridized carbons (Fsp3) is 0.0556. The minimum Gasteiger partial charge on any atom is -0.371 e. The lowest BCUT2D eigenvalue weighted by Crippen LogP contribution is -2.35. The van der Waals surface area contributed by atoms with E-state index in [9.17, 15) is 18.8 Å². The van der Waals surface area contributed by atoms with Crippen LogP contribution in [0.5, 0.6) is 0 Å². The van der Waals surface area contributed by atoms with Gasteiger partial charge in [0.2, 0.25) is 5.91 Å². The van der Waals surface area contributed by atoms with Gasteiger partial charge < -0.3 is 10.6 Å². The predicted octanol–water partition coefficient (Wildman–Crippen LogP) is 2.57. The summed E-state index contributed by atoms with van der Waals surface area (Å²) in [6.07, 6.45) is 1.14. The number of carbonyl (C=O) groups is 3. The van der Waals surface area contributed by atoms with Crippen LogP contribution in [0.2, 0.25) is 0 Å². The molecule has 0 radical (unpaired) electrons. The molecule has 1 aliphatic rings. The molecule has 8 heteroatoms. The van der Waals surface area contributed by atoms with E-state index in [-0.39, 0.29) is 12.2 Å². The monoisotopic (exact) mass is 417 g/mol. The third-order valence-electron chi connectivity index (χ3n) is 3.54. The molecule has 0 aliphatic carbocycles. The molecule has 2 aromatic rings. The smallest absolute Gasteiger partial charge is 0.281 e. The molecule has 0 atom stereocenters. The summed E-state index contributed by atoms with van der Waals surface area (Å²) in [5.74, 6) is -2.00. The number of hydrogen-bond donors (Lipinski definition) is 2. The summed E-state index contributed by atoms with van der Waals surface area (Å²) in [7, 11) is 0. The van der Waals surface area contributed by atoms with Gasteiger partial charge >= 0.3 is 0 Å². The van der Waals surface area contributed by atoms with E-state index in [1.807, 2.05) is 0 Å². The molecular weight excluding hydrogens is 405 g/mol. The predicted molar refractivity (Wildman–Crippen MR) is 97.8 cm³/mol. The first-order valence-corrected chi connectivity index (χ1v) is 8.38. The van der Waals surface area contributed by atoms with E-state index >= 15 is 0 Å². The molecule has 1 aliphatic heterocycles. The van der Waals surface area contributed by atoms with Crippen LogP contribution in [0, 0.1) is 5.82 Å². The van der Waals surface area contributed by atoms with E-state index in [0.717, 1.165) is 15.4 Å². The Labute approximate surface area is 156 Å². The van der Waals surface area contributed by atoms with Gasteiger partial charge in [0, 0.05) is 16.2 Å². The minimum absolute atomic E-state index is 0.0179. The number of imide groups is 1. The number of rotatable bonds is 5. The van der Waals surface area contributed by atoms with Crippen LogP contribution in [0.3, 0.4) is 0 Å². The van der Waals surface area contributed by atoms with Crippen molar-refractivity contribution in [2.45, 2.75) is 0 Å². The largest absolute Gasteiger partial charge is 0.371 e. The SMILES string of the molecule is O=C(CNC1=CC(=O)N(c2cccc(Br)c2)C1=O)Nc1cccc(F)c1. The molecule has 132 valence electrons. The summed E-state index contributed by atoms with van der Waals surface area (Å²) < 4.78 is 13.8. The van der Waals surface area contributed by atoms with Crippen molar-refractivity contribution in [3.63, 3.8) is 0 Å². The van der Waals surface area contributed by atoms with E-state index in [1.165, 1.54) is 18.2 Å². The maximum Gasteiger partial charge on any atom is 0.281 e. The first-order valence-electron chi connectivity index (χ1n) is 7.59. The van der Waals surface area contributed by atoms with Crippen molar-refractivity contribution in [2.75, 3.05) is 16.8 Å². The molecule has 0 unspecified atom stereocenters. The Morgan fingerprint density at radius 2 is 1.88 bits per heavy atom. The van der Waals surface area contributed by atoms with Crippen LogP contribution in [-0.4, -0.2) is 24.3 Å². The van der Waals surface area contributed by atoms with E-state index < -0.39 is 23.5 Å². The zero-order chi connectivity index (χ0) is 18.7. The molecule has 2 N–H and O–H groups in total. The van der Waals surface area contributed by atoms with Crippen molar-refractivity contribution in [3.8, 4) is 0 Å². The maximum absolute atomic E-state index is 13.1. The van der Waals surface area contributed by atoms with Gasteiger partial charge in [0.1, 0.15) is 11.5 Å².